The predicted molar refractivity (Wildman–Crippen MR) is 468 cm³/mol. The number of nitrogens with one attached hydrogen (secondary N) is 1. The van der Waals surface area contributed by atoms with Gasteiger partial charge in [0.1, 0.15) is 0 Å². The van der Waals surface area contributed by atoms with Crippen LogP contribution in [0.4, 0.5) is 28.4 Å². The highest BCUT2D eigenvalue weighted by atomic mass is 79.9. The Balaban J connectivity index is 0.000000129. The number of para-hydroxylation sites is 4. The fraction of sp³-hybridized carbons (Fsp3) is 0. The molecule has 0 fully saturated rings. The zero-order valence-electron chi connectivity index (χ0n) is 59.8. The second kappa shape index (κ2) is 30.3. The number of hydrogen-bond donors (Lipinski definition) is 1. The quantitative estimate of drug-likeness (QED) is 0.124. The number of halogens is 1. The highest BCUT2D eigenvalue weighted by molar-refractivity contribution is 9.10. The van der Waals surface area contributed by atoms with Gasteiger partial charge in [0.25, 0.3) is 0 Å². The van der Waals surface area contributed by atoms with Gasteiger partial charge in [0, 0.05) is 71.3 Å². The fourth-order valence-electron chi connectivity index (χ4n) is 15.5. The van der Waals surface area contributed by atoms with E-state index in [9.17, 15) is 0 Å². The third-order valence-electron chi connectivity index (χ3n) is 20.7. The number of hydrogen-bond acceptors (Lipinski definition) is 2. The van der Waals surface area contributed by atoms with Gasteiger partial charge in [-0.15, -0.1) is 0 Å². The summed E-state index contributed by atoms with van der Waals surface area (Å²) in [5.41, 5.74) is 27.1. The van der Waals surface area contributed by atoms with Crippen LogP contribution in [0.3, 0.4) is 0 Å². The van der Waals surface area contributed by atoms with Gasteiger partial charge in [-0.05, 0) is 199 Å². The summed E-state index contributed by atoms with van der Waals surface area (Å²) in [4.78, 5) is 2.40. The molecule has 18 aromatic carbocycles. The van der Waals surface area contributed by atoms with Crippen molar-refractivity contribution in [1.29, 1.82) is 0 Å². The topological polar surface area (TPSA) is 25.1 Å². The molecule has 1 N–H and O–H groups in total. The van der Waals surface area contributed by atoms with Crippen molar-refractivity contribution >= 4 is 110 Å². The van der Waals surface area contributed by atoms with E-state index in [0.29, 0.717) is 0 Å². The molecule has 2 heterocycles. The molecule has 0 radical (unpaired) electrons. The minimum Gasteiger partial charge on any atom is -0.355 e. The average Bonchev–Trinajstić information content (AvgIpc) is 1.75. The Bertz CT molecular complexity index is 6470. The molecule has 0 amide bonds. The van der Waals surface area contributed by atoms with E-state index in [4.69, 9.17) is 0 Å². The van der Waals surface area contributed by atoms with Crippen LogP contribution < -0.4 is 10.2 Å². The molecule has 4 nitrogen and oxygen atoms in total. The molecule has 516 valence electrons. The molecule has 0 unspecified atom stereocenters. The molecular formula is C104H73BrN4. The van der Waals surface area contributed by atoms with Gasteiger partial charge < -0.3 is 19.4 Å². The van der Waals surface area contributed by atoms with Gasteiger partial charge in [-0.25, -0.2) is 0 Å². The highest BCUT2D eigenvalue weighted by Gasteiger charge is 2.21. The lowest BCUT2D eigenvalue weighted by Crippen LogP contribution is -2.11. The summed E-state index contributed by atoms with van der Waals surface area (Å²) >= 11 is 3.50. The summed E-state index contributed by atoms with van der Waals surface area (Å²) in [5, 5.41) is 13.8. The minimum atomic E-state index is 1.07. The highest BCUT2D eigenvalue weighted by Crippen LogP contribution is 2.45. The van der Waals surface area contributed by atoms with E-state index in [2.05, 4.69) is 472 Å². The summed E-state index contributed by atoms with van der Waals surface area (Å²) < 4.78 is 5.79. The molecular weight excluding hydrogens is 1390 g/mol. The molecule has 0 saturated carbocycles. The van der Waals surface area contributed by atoms with Gasteiger partial charge >= 0.3 is 0 Å². The van der Waals surface area contributed by atoms with E-state index in [1.54, 1.807) is 0 Å². The third kappa shape index (κ3) is 13.6. The Kier molecular flexibility index (Phi) is 18.7. The summed E-state index contributed by atoms with van der Waals surface area (Å²) in [7, 11) is 0. The molecule has 0 bridgehead atoms. The summed E-state index contributed by atoms with van der Waals surface area (Å²) in [6.07, 6.45) is 0. The van der Waals surface area contributed by atoms with E-state index in [-0.39, 0.29) is 0 Å². The van der Waals surface area contributed by atoms with Crippen LogP contribution in [0, 0.1) is 0 Å². The Morgan fingerprint density at radius 2 is 0.541 bits per heavy atom. The number of rotatable bonds is 13. The first-order valence-corrected chi connectivity index (χ1v) is 37.9. The molecule has 0 aliphatic heterocycles. The van der Waals surface area contributed by atoms with Crippen LogP contribution in [0.25, 0.3) is 143 Å². The zero-order valence-corrected chi connectivity index (χ0v) is 61.4. The largest absolute Gasteiger partial charge is 0.355 e. The van der Waals surface area contributed by atoms with E-state index in [1.165, 1.54) is 138 Å². The standard InChI is InChI=1S/C52H36N2.C34H25N.C18H12BrN/c1-3-14-37(15-4-1)41-28-35-52(49(36-41)39-16-5-2-6-17-39)53(42-29-26-40(27-30-42)46-23-13-19-38-18-7-8-20-45(38)46)43-31-33-44(34-32-43)54-50-24-11-9-21-47(50)48-22-10-12-25-51(48)54;1-3-10-25(11-4-1)29-20-23-34(33(24-29)27-12-5-2-6-13-27)35-30-21-18-28(19-22-30)32-17-9-15-26-14-7-8-16-31(26)32;19-13-9-11-14(12-10-13)20-17-7-3-1-5-15(17)16-6-2-4-8-18(16)20/h1-36H;1-24,35H;1-12H. The van der Waals surface area contributed by atoms with Crippen molar-refractivity contribution in [2.75, 3.05) is 10.2 Å². The van der Waals surface area contributed by atoms with E-state index < -0.39 is 0 Å². The first-order chi connectivity index (χ1) is 54.0. The number of fused-ring (bicyclic) bond motifs is 8. The predicted octanol–water partition coefficient (Wildman–Crippen LogP) is 29.5. The second-order valence-electron chi connectivity index (χ2n) is 27.3. The van der Waals surface area contributed by atoms with E-state index >= 15 is 0 Å². The lowest BCUT2D eigenvalue weighted by atomic mass is 9.95. The first-order valence-electron chi connectivity index (χ1n) is 37.1. The van der Waals surface area contributed by atoms with Crippen LogP contribution in [0.1, 0.15) is 0 Å². The molecule has 5 heteroatoms. The molecule has 109 heavy (non-hydrogen) atoms. The smallest absolute Gasteiger partial charge is 0.0541 e. The Hall–Kier alpha value is -13.8. The van der Waals surface area contributed by atoms with Gasteiger partial charge in [-0.2, -0.15) is 0 Å². The average molecular weight is 1460 g/mol. The summed E-state index contributed by atoms with van der Waals surface area (Å²) in [6.45, 7) is 0. The molecule has 0 aliphatic rings. The molecule has 20 rings (SSSR count). The number of nitrogens with zero attached hydrogens (tertiary/aromatic N) is 3. The van der Waals surface area contributed by atoms with E-state index in [0.717, 1.165) is 38.6 Å². The van der Waals surface area contributed by atoms with Crippen molar-refractivity contribution in [2.45, 2.75) is 0 Å². The van der Waals surface area contributed by atoms with Crippen LogP contribution in [-0.2, 0) is 0 Å². The maximum absolute atomic E-state index is 3.67. The van der Waals surface area contributed by atoms with Crippen LogP contribution in [-0.4, -0.2) is 9.13 Å². The van der Waals surface area contributed by atoms with Crippen molar-refractivity contribution in [1.82, 2.24) is 9.13 Å². The Morgan fingerprint density at radius 1 is 0.220 bits per heavy atom. The molecule has 20 aromatic rings. The van der Waals surface area contributed by atoms with Crippen molar-refractivity contribution in [3.05, 3.63) is 441 Å². The summed E-state index contributed by atoms with van der Waals surface area (Å²) in [6, 6.07) is 156. The lowest BCUT2D eigenvalue weighted by Gasteiger charge is -2.29. The zero-order chi connectivity index (χ0) is 72.8. The van der Waals surface area contributed by atoms with Gasteiger partial charge in [0.15, 0.2) is 0 Å². The monoisotopic (exact) mass is 1460 g/mol. The second-order valence-corrected chi connectivity index (χ2v) is 28.2. The molecule has 0 atom stereocenters. The van der Waals surface area contributed by atoms with Crippen molar-refractivity contribution in [2.24, 2.45) is 0 Å². The number of aromatic nitrogens is 2. The van der Waals surface area contributed by atoms with Gasteiger partial charge in [-0.3, -0.25) is 0 Å². The molecule has 0 saturated heterocycles. The van der Waals surface area contributed by atoms with Crippen LogP contribution in [0.2, 0.25) is 0 Å². The van der Waals surface area contributed by atoms with Crippen LogP contribution in [0.5, 0.6) is 0 Å². The molecule has 2 aromatic heterocycles. The number of benzene rings is 18. The minimum absolute atomic E-state index is 1.07. The Morgan fingerprint density at radius 3 is 0.991 bits per heavy atom. The number of anilines is 5. The van der Waals surface area contributed by atoms with Crippen LogP contribution >= 0.6 is 15.9 Å². The maximum atomic E-state index is 3.67. The SMILES string of the molecule is Brc1ccc(-n2c3ccccc3c3ccccc32)cc1.c1ccc(-c2ccc(N(c3ccc(-c4cccc5ccccc45)cc3)c3ccc(-n4c5ccccc5c5ccccc54)cc3)c(-c3ccccc3)c2)cc1.c1ccc(-c2ccc(Nc3ccc(-c4cccc5ccccc45)cc3)c(-c3ccccc3)c2)cc1. The lowest BCUT2D eigenvalue weighted by molar-refractivity contribution is 1.17. The van der Waals surface area contributed by atoms with Crippen molar-refractivity contribution in [3.63, 3.8) is 0 Å². The van der Waals surface area contributed by atoms with Crippen molar-refractivity contribution < 1.29 is 0 Å². The molecule has 0 aliphatic carbocycles. The van der Waals surface area contributed by atoms with Crippen molar-refractivity contribution in [3.8, 4) is 78.1 Å². The van der Waals surface area contributed by atoms with Gasteiger partial charge in [0.2, 0.25) is 0 Å². The maximum Gasteiger partial charge on any atom is 0.0541 e. The first kappa shape index (κ1) is 67.1. The van der Waals surface area contributed by atoms with E-state index in [1.807, 2.05) is 0 Å². The normalized spacial score (nSPS) is 11.2. The third-order valence-corrected chi connectivity index (χ3v) is 21.3. The molecule has 0 spiro atoms. The summed E-state index contributed by atoms with van der Waals surface area (Å²) in [5.74, 6) is 0. The Labute approximate surface area is 643 Å². The van der Waals surface area contributed by atoms with Gasteiger partial charge in [0.05, 0.1) is 27.8 Å². The fourth-order valence-corrected chi connectivity index (χ4v) is 15.8. The van der Waals surface area contributed by atoms with Crippen LogP contribution in [0.15, 0.2) is 441 Å². The van der Waals surface area contributed by atoms with Gasteiger partial charge in [-0.1, -0.05) is 331 Å².